The van der Waals surface area contributed by atoms with Crippen LogP contribution < -0.4 is 20.1 Å². The number of rotatable bonds is 8. The van der Waals surface area contributed by atoms with Crippen LogP contribution in [0.25, 0.3) is 0 Å². The van der Waals surface area contributed by atoms with Gasteiger partial charge in [0.1, 0.15) is 9.79 Å². The molecule has 0 unspecified atom stereocenters. The van der Waals surface area contributed by atoms with Crippen LogP contribution in [0.5, 0.6) is 0 Å². The SMILES string of the molecule is Cc1ccc(S(=O)(=O)NC(=O)Nc2ccc(Cc3ccc(NC(=O)NS(=O)(=O)c4ccc(C)cc4Cl)cc3)cc2)c(Cl)c1. The van der Waals surface area contributed by atoms with Crippen molar-refractivity contribution in [2.45, 2.75) is 30.1 Å². The molecule has 0 saturated carbocycles. The Labute approximate surface area is 259 Å². The van der Waals surface area contributed by atoms with Crippen LogP contribution in [0, 0.1) is 13.8 Å². The van der Waals surface area contributed by atoms with Gasteiger partial charge in [-0.05, 0) is 91.1 Å². The normalized spacial score (nSPS) is 11.4. The van der Waals surface area contributed by atoms with Crippen LogP contribution in [-0.4, -0.2) is 28.9 Å². The summed E-state index contributed by atoms with van der Waals surface area (Å²) in [5, 5.41) is 4.97. The molecule has 0 bridgehead atoms. The van der Waals surface area contributed by atoms with E-state index in [0.29, 0.717) is 17.8 Å². The van der Waals surface area contributed by atoms with Crippen LogP contribution in [0.3, 0.4) is 0 Å². The highest BCUT2D eigenvalue weighted by atomic mass is 35.5. The number of halogens is 2. The zero-order valence-electron chi connectivity index (χ0n) is 22.8. The molecule has 0 aliphatic carbocycles. The van der Waals surface area contributed by atoms with Crippen LogP contribution in [0.2, 0.25) is 10.0 Å². The fourth-order valence-corrected chi connectivity index (χ4v) is 6.98. The number of sulfonamides is 2. The van der Waals surface area contributed by atoms with E-state index in [1.165, 1.54) is 24.3 Å². The molecule has 4 amide bonds. The van der Waals surface area contributed by atoms with Gasteiger partial charge in [0.25, 0.3) is 20.0 Å². The average Bonchev–Trinajstić information content (AvgIpc) is 2.89. The Morgan fingerprint density at radius 1 is 0.581 bits per heavy atom. The molecular weight excluding hydrogens is 635 g/mol. The molecule has 43 heavy (non-hydrogen) atoms. The Morgan fingerprint density at radius 3 is 1.26 bits per heavy atom. The Balaban J connectivity index is 1.30. The molecule has 224 valence electrons. The van der Waals surface area contributed by atoms with E-state index < -0.39 is 32.1 Å². The molecule has 0 aliphatic rings. The van der Waals surface area contributed by atoms with Crippen molar-refractivity contribution in [1.29, 1.82) is 0 Å². The first kappa shape index (κ1) is 31.8. The van der Waals surface area contributed by atoms with Crippen molar-refractivity contribution in [3.63, 3.8) is 0 Å². The predicted molar refractivity (Wildman–Crippen MR) is 167 cm³/mol. The number of hydrogen-bond donors (Lipinski definition) is 4. The van der Waals surface area contributed by atoms with Gasteiger partial charge in [-0.3, -0.25) is 0 Å². The van der Waals surface area contributed by atoms with Crippen molar-refractivity contribution in [2.24, 2.45) is 0 Å². The van der Waals surface area contributed by atoms with Gasteiger partial charge in [0, 0.05) is 11.4 Å². The highest BCUT2D eigenvalue weighted by Gasteiger charge is 2.22. The zero-order valence-corrected chi connectivity index (χ0v) is 26.0. The van der Waals surface area contributed by atoms with Gasteiger partial charge < -0.3 is 10.6 Å². The van der Waals surface area contributed by atoms with Gasteiger partial charge in [-0.15, -0.1) is 0 Å². The maximum Gasteiger partial charge on any atom is 0.333 e. The molecule has 0 spiro atoms. The summed E-state index contributed by atoms with van der Waals surface area (Å²) in [5.41, 5.74) is 4.09. The molecule has 0 atom stereocenters. The minimum absolute atomic E-state index is 0.00755. The van der Waals surface area contributed by atoms with E-state index >= 15 is 0 Å². The first-order chi connectivity index (χ1) is 20.2. The number of carbonyl (C=O) groups is 2. The third-order valence-corrected chi connectivity index (χ3v) is 9.67. The smallest absolute Gasteiger partial charge is 0.307 e. The van der Waals surface area contributed by atoms with Gasteiger partial charge in [-0.2, -0.15) is 0 Å². The minimum Gasteiger partial charge on any atom is -0.307 e. The number of urea groups is 2. The summed E-state index contributed by atoms with van der Waals surface area (Å²) >= 11 is 12.1. The number of hydrogen-bond acceptors (Lipinski definition) is 6. The summed E-state index contributed by atoms with van der Waals surface area (Å²) in [4.78, 5) is 24.2. The molecule has 10 nitrogen and oxygen atoms in total. The summed E-state index contributed by atoms with van der Waals surface area (Å²) < 4.78 is 54.0. The summed E-state index contributed by atoms with van der Waals surface area (Å²) in [6, 6.07) is 20.5. The van der Waals surface area contributed by atoms with E-state index in [9.17, 15) is 26.4 Å². The van der Waals surface area contributed by atoms with E-state index in [1.54, 1.807) is 74.5 Å². The molecule has 0 heterocycles. The maximum atomic E-state index is 12.5. The topological polar surface area (TPSA) is 151 Å². The summed E-state index contributed by atoms with van der Waals surface area (Å²) in [6.07, 6.45) is 0.513. The molecule has 0 fully saturated rings. The van der Waals surface area contributed by atoms with E-state index in [1.807, 2.05) is 9.44 Å². The molecule has 0 aromatic heterocycles. The molecule has 0 saturated heterocycles. The fraction of sp³-hybridized carbons (Fsp3) is 0.103. The second-order valence-electron chi connectivity index (χ2n) is 9.56. The van der Waals surface area contributed by atoms with Crippen LogP contribution >= 0.6 is 23.2 Å². The lowest BCUT2D eigenvalue weighted by atomic mass is 10.0. The first-order valence-electron chi connectivity index (χ1n) is 12.6. The van der Waals surface area contributed by atoms with Gasteiger partial charge >= 0.3 is 12.1 Å². The van der Waals surface area contributed by atoms with Crippen molar-refractivity contribution in [3.8, 4) is 0 Å². The molecule has 14 heteroatoms. The van der Waals surface area contributed by atoms with Crippen LogP contribution in [0.15, 0.2) is 94.7 Å². The molecule has 4 N–H and O–H groups in total. The third-order valence-electron chi connectivity index (χ3n) is 6.04. The number of benzene rings is 4. The summed E-state index contributed by atoms with van der Waals surface area (Å²) in [7, 11) is -8.34. The second kappa shape index (κ2) is 13.0. The molecular formula is C29H26Cl2N4O6S2. The van der Waals surface area contributed by atoms with Crippen molar-refractivity contribution >= 4 is 66.7 Å². The van der Waals surface area contributed by atoms with Gasteiger partial charge in [0.15, 0.2) is 0 Å². The van der Waals surface area contributed by atoms with Gasteiger partial charge in [0.2, 0.25) is 0 Å². The van der Waals surface area contributed by atoms with E-state index in [-0.39, 0.29) is 19.8 Å². The lowest BCUT2D eigenvalue weighted by Crippen LogP contribution is -2.34. The number of anilines is 2. The quantitative estimate of drug-likeness (QED) is 0.176. The largest absolute Gasteiger partial charge is 0.333 e. The van der Waals surface area contributed by atoms with Gasteiger partial charge in [0.05, 0.1) is 10.0 Å². The number of amides is 4. The lowest BCUT2D eigenvalue weighted by molar-refractivity contribution is 0.255. The maximum absolute atomic E-state index is 12.5. The van der Waals surface area contributed by atoms with E-state index in [4.69, 9.17) is 23.2 Å². The fourth-order valence-electron chi connectivity index (χ4n) is 3.96. The molecule has 4 aromatic rings. The summed E-state index contributed by atoms with van der Waals surface area (Å²) in [5.74, 6) is 0. The first-order valence-corrected chi connectivity index (χ1v) is 16.3. The van der Waals surface area contributed by atoms with Gasteiger partial charge in [-0.25, -0.2) is 35.9 Å². The predicted octanol–water partition coefficient (Wildman–Crippen LogP) is 6.22. The zero-order chi connectivity index (χ0) is 31.4. The Hall–Kier alpha value is -4.10. The highest BCUT2D eigenvalue weighted by Crippen LogP contribution is 2.24. The van der Waals surface area contributed by atoms with Crippen molar-refractivity contribution < 1.29 is 26.4 Å². The van der Waals surface area contributed by atoms with E-state index in [2.05, 4.69) is 10.6 Å². The van der Waals surface area contributed by atoms with Crippen molar-refractivity contribution in [2.75, 3.05) is 10.6 Å². The van der Waals surface area contributed by atoms with Crippen molar-refractivity contribution in [3.05, 3.63) is 117 Å². The monoisotopic (exact) mass is 660 g/mol. The highest BCUT2D eigenvalue weighted by molar-refractivity contribution is 7.90. The van der Waals surface area contributed by atoms with Crippen LogP contribution in [-0.2, 0) is 26.5 Å². The van der Waals surface area contributed by atoms with E-state index in [0.717, 1.165) is 22.3 Å². The second-order valence-corrected chi connectivity index (χ2v) is 13.7. The average molecular weight is 662 g/mol. The molecule has 4 aromatic carbocycles. The van der Waals surface area contributed by atoms with Crippen LogP contribution in [0.1, 0.15) is 22.3 Å². The standard InChI is InChI=1S/C29H26Cl2N4O6S2/c1-18-3-13-26(24(30)15-18)42(38,39)34-28(36)32-22-9-5-20(6-10-22)17-21-7-11-23(12-8-21)33-29(37)35-43(40,41)27-14-4-19(2)16-25(27)31/h3-16H,17H2,1-2H3,(H2,32,34,36)(H2,33,35,37). The third kappa shape index (κ3) is 8.48. The number of carbonyl (C=O) groups excluding carboxylic acids is 2. The van der Waals surface area contributed by atoms with Crippen molar-refractivity contribution in [1.82, 2.24) is 9.44 Å². The Morgan fingerprint density at radius 2 is 0.930 bits per heavy atom. The number of nitrogens with one attached hydrogen (secondary N) is 4. The summed E-state index contributed by atoms with van der Waals surface area (Å²) in [6.45, 7) is 3.53. The van der Waals surface area contributed by atoms with Crippen LogP contribution in [0.4, 0.5) is 21.0 Å². The minimum atomic E-state index is -4.17. The number of aryl methyl sites for hydroxylation is 2. The Bertz CT molecular complexity index is 1760. The lowest BCUT2D eigenvalue weighted by Gasteiger charge is -2.11. The molecule has 0 aliphatic heterocycles. The molecule has 0 radical (unpaired) electrons. The van der Waals surface area contributed by atoms with Gasteiger partial charge in [-0.1, -0.05) is 59.6 Å². The Kier molecular flexibility index (Phi) is 9.65. The molecule has 4 rings (SSSR count).